The minimum absolute atomic E-state index is 0.148. The van der Waals surface area contributed by atoms with Gasteiger partial charge in [0.05, 0.1) is 5.01 Å². The lowest BCUT2D eigenvalue weighted by Gasteiger charge is -2.32. The van der Waals surface area contributed by atoms with Crippen LogP contribution < -0.4 is 10.6 Å². The highest BCUT2D eigenvalue weighted by Gasteiger charge is 2.29. The van der Waals surface area contributed by atoms with E-state index in [1.165, 1.54) is 24.2 Å². The van der Waals surface area contributed by atoms with Crippen LogP contribution in [0, 0.1) is 0 Å². The third-order valence-corrected chi connectivity index (χ3v) is 7.04. The molecule has 1 aliphatic heterocycles. The summed E-state index contributed by atoms with van der Waals surface area (Å²) in [5.41, 5.74) is -0.0175. The summed E-state index contributed by atoms with van der Waals surface area (Å²) < 4.78 is 6.25. The molecular weight excluding hydrogens is 440 g/mol. The molecule has 0 aromatic carbocycles. The Hall–Kier alpha value is -1.39. The molecule has 2 N–H and O–H groups in total. The number of nitrogens with one attached hydrogen (secondary N) is 2. The minimum Gasteiger partial charge on any atom is -0.444 e. The second-order valence-corrected chi connectivity index (χ2v) is 11.3. The van der Waals surface area contributed by atoms with Crippen LogP contribution in [-0.4, -0.2) is 63.2 Å². The van der Waals surface area contributed by atoms with E-state index in [4.69, 9.17) is 17.0 Å². The Morgan fingerprint density at radius 2 is 2.00 bits per heavy atom. The van der Waals surface area contributed by atoms with Gasteiger partial charge in [0.25, 0.3) is 5.91 Å². The van der Waals surface area contributed by atoms with Crippen LogP contribution in [0.3, 0.4) is 0 Å². The quantitative estimate of drug-likeness (QED) is 0.484. The van der Waals surface area contributed by atoms with Crippen LogP contribution in [0.15, 0.2) is 5.38 Å². The zero-order chi connectivity index (χ0) is 21.7. The van der Waals surface area contributed by atoms with E-state index >= 15 is 0 Å². The molecular formula is C20H30N4O3S3. The van der Waals surface area contributed by atoms with E-state index < -0.39 is 5.60 Å². The Morgan fingerprint density at radius 3 is 2.63 bits per heavy atom. The number of amides is 2. The number of carbonyl (C=O) groups is 2. The smallest absolute Gasteiger partial charge is 0.410 e. The molecule has 1 aromatic rings. The van der Waals surface area contributed by atoms with Gasteiger partial charge in [-0.05, 0) is 46.5 Å². The highest BCUT2D eigenvalue weighted by Crippen LogP contribution is 2.31. The average Bonchev–Trinajstić information content (AvgIpc) is 3.35. The molecule has 0 spiro atoms. The van der Waals surface area contributed by atoms with Crippen LogP contribution in [0.25, 0.3) is 0 Å². The van der Waals surface area contributed by atoms with Gasteiger partial charge >= 0.3 is 6.09 Å². The van der Waals surface area contributed by atoms with E-state index in [2.05, 4.69) is 15.6 Å². The highest BCUT2D eigenvalue weighted by atomic mass is 32.2. The number of rotatable bonds is 6. The van der Waals surface area contributed by atoms with E-state index in [1.807, 2.05) is 26.2 Å². The van der Waals surface area contributed by atoms with Crippen molar-refractivity contribution in [3.63, 3.8) is 0 Å². The maximum absolute atomic E-state index is 12.4. The van der Waals surface area contributed by atoms with E-state index in [0.717, 1.165) is 27.9 Å². The van der Waals surface area contributed by atoms with Crippen molar-refractivity contribution in [1.82, 2.24) is 20.5 Å². The SMILES string of the molecule is CC(C)(C)OC(=O)N1CCC(c2nc(C(=O)NCCSC(=S)NC3CC3)cs2)CC1. The van der Waals surface area contributed by atoms with Gasteiger partial charge in [0.2, 0.25) is 0 Å². The number of hydrogen-bond acceptors (Lipinski definition) is 7. The second kappa shape index (κ2) is 10.3. The van der Waals surface area contributed by atoms with E-state index in [9.17, 15) is 9.59 Å². The second-order valence-electron chi connectivity index (χ2n) is 8.62. The molecule has 0 radical (unpaired) electrons. The van der Waals surface area contributed by atoms with E-state index in [1.54, 1.807) is 16.7 Å². The largest absolute Gasteiger partial charge is 0.444 e. The summed E-state index contributed by atoms with van der Waals surface area (Å²) in [5.74, 6) is 0.867. The first-order valence-electron chi connectivity index (χ1n) is 10.4. The Kier molecular flexibility index (Phi) is 7.98. The maximum atomic E-state index is 12.4. The Bertz CT molecular complexity index is 766. The van der Waals surface area contributed by atoms with Gasteiger partial charge in [0, 0.05) is 42.7 Å². The summed E-state index contributed by atoms with van der Waals surface area (Å²) in [5, 5.41) is 8.97. The van der Waals surface area contributed by atoms with Crippen LogP contribution in [0.2, 0.25) is 0 Å². The first-order valence-corrected chi connectivity index (χ1v) is 12.6. The maximum Gasteiger partial charge on any atom is 0.410 e. The molecule has 0 unspecified atom stereocenters. The summed E-state index contributed by atoms with van der Waals surface area (Å²) in [6, 6.07) is 0.559. The fourth-order valence-electron chi connectivity index (χ4n) is 3.05. The van der Waals surface area contributed by atoms with Gasteiger partial charge in [0.15, 0.2) is 0 Å². The number of thiazole rings is 1. The lowest BCUT2D eigenvalue weighted by molar-refractivity contribution is 0.0205. The fraction of sp³-hybridized carbons (Fsp3) is 0.700. The number of thioether (sulfide) groups is 1. The van der Waals surface area contributed by atoms with E-state index in [-0.39, 0.29) is 17.9 Å². The molecule has 1 saturated heterocycles. The van der Waals surface area contributed by atoms with Crippen LogP contribution in [-0.2, 0) is 4.74 Å². The topological polar surface area (TPSA) is 83.6 Å². The number of likely N-dealkylation sites (tertiary alicyclic amines) is 1. The van der Waals surface area contributed by atoms with Crippen LogP contribution in [0.4, 0.5) is 4.79 Å². The number of ether oxygens (including phenoxy) is 1. The molecule has 1 saturated carbocycles. The first kappa shape index (κ1) is 23.3. The Labute approximate surface area is 191 Å². The molecule has 2 heterocycles. The van der Waals surface area contributed by atoms with Crippen molar-refractivity contribution < 1.29 is 14.3 Å². The number of hydrogen-bond donors (Lipinski definition) is 2. The summed E-state index contributed by atoms with van der Waals surface area (Å²) in [4.78, 5) is 30.9. The average molecular weight is 471 g/mol. The van der Waals surface area contributed by atoms with Crippen molar-refractivity contribution in [2.75, 3.05) is 25.4 Å². The highest BCUT2D eigenvalue weighted by molar-refractivity contribution is 8.22. The number of nitrogens with zero attached hydrogens (tertiary/aromatic N) is 2. The van der Waals surface area contributed by atoms with Gasteiger partial charge in [0.1, 0.15) is 15.6 Å². The number of carbonyl (C=O) groups excluding carboxylic acids is 2. The van der Waals surface area contributed by atoms with Crippen molar-refractivity contribution >= 4 is 51.6 Å². The normalized spacial score (nSPS) is 17.5. The molecule has 3 rings (SSSR count). The summed E-state index contributed by atoms with van der Waals surface area (Å²) >= 11 is 8.34. The Morgan fingerprint density at radius 1 is 1.30 bits per heavy atom. The van der Waals surface area contributed by atoms with Crippen LogP contribution >= 0.6 is 35.3 Å². The van der Waals surface area contributed by atoms with E-state index in [0.29, 0.717) is 31.4 Å². The lowest BCUT2D eigenvalue weighted by atomic mass is 9.98. The van der Waals surface area contributed by atoms with Gasteiger partial charge in [-0.25, -0.2) is 9.78 Å². The molecule has 1 aromatic heterocycles. The Balaban J connectivity index is 1.38. The van der Waals surface area contributed by atoms with Gasteiger partial charge in [-0.3, -0.25) is 4.79 Å². The fourth-order valence-corrected chi connectivity index (χ4v) is 5.08. The summed E-state index contributed by atoms with van der Waals surface area (Å²) in [6.07, 6.45) is 3.80. The standard InChI is InChI=1S/C20H30N4O3S3/c1-20(2,3)27-19(26)24-9-6-13(7-10-24)17-23-15(12-30-17)16(25)21-8-11-29-18(28)22-14-4-5-14/h12-14H,4-11H2,1-3H3,(H,21,25)(H,22,28). The van der Waals surface area contributed by atoms with Crippen molar-refractivity contribution in [2.45, 2.75) is 64.0 Å². The monoisotopic (exact) mass is 470 g/mol. The number of thiocarbonyl (C=S) groups is 1. The van der Waals surface area contributed by atoms with Crippen molar-refractivity contribution in [3.05, 3.63) is 16.1 Å². The third-order valence-electron chi connectivity index (χ3n) is 4.77. The van der Waals surface area contributed by atoms with Crippen LogP contribution in [0.5, 0.6) is 0 Å². The molecule has 2 aliphatic rings. The summed E-state index contributed by atoms with van der Waals surface area (Å²) in [6.45, 7) is 7.46. The van der Waals surface area contributed by atoms with Crippen molar-refractivity contribution in [2.24, 2.45) is 0 Å². The molecule has 30 heavy (non-hydrogen) atoms. The van der Waals surface area contributed by atoms with Gasteiger partial charge in [-0.15, -0.1) is 11.3 Å². The van der Waals surface area contributed by atoms with Crippen molar-refractivity contribution in [3.8, 4) is 0 Å². The van der Waals surface area contributed by atoms with Gasteiger partial charge in [-0.1, -0.05) is 24.0 Å². The molecule has 0 atom stereocenters. The van der Waals surface area contributed by atoms with Gasteiger partial charge < -0.3 is 20.3 Å². The predicted molar refractivity (Wildman–Crippen MR) is 125 cm³/mol. The lowest BCUT2D eigenvalue weighted by Crippen LogP contribution is -2.41. The molecule has 7 nitrogen and oxygen atoms in total. The van der Waals surface area contributed by atoms with Crippen molar-refractivity contribution in [1.29, 1.82) is 0 Å². The predicted octanol–water partition coefficient (Wildman–Crippen LogP) is 3.76. The molecule has 1 aliphatic carbocycles. The zero-order valence-electron chi connectivity index (χ0n) is 17.7. The van der Waals surface area contributed by atoms with Crippen LogP contribution in [0.1, 0.15) is 67.9 Å². The minimum atomic E-state index is -0.483. The molecule has 0 bridgehead atoms. The zero-order valence-corrected chi connectivity index (χ0v) is 20.2. The molecule has 10 heteroatoms. The number of piperidine rings is 1. The molecule has 2 amide bonds. The third kappa shape index (κ3) is 7.39. The first-order chi connectivity index (χ1) is 14.2. The number of aromatic nitrogens is 1. The molecule has 166 valence electrons. The molecule has 2 fully saturated rings. The summed E-state index contributed by atoms with van der Waals surface area (Å²) in [7, 11) is 0. The van der Waals surface area contributed by atoms with Gasteiger partial charge in [-0.2, -0.15) is 0 Å².